The Morgan fingerprint density at radius 2 is 2.41 bits per heavy atom. The van der Waals surface area contributed by atoms with Gasteiger partial charge in [-0.2, -0.15) is 0 Å². The molecule has 1 saturated heterocycles. The number of nitrogens with two attached hydrogens (primary N) is 1. The highest BCUT2D eigenvalue weighted by Gasteiger charge is 2.23. The van der Waals surface area contributed by atoms with E-state index in [1.54, 1.807) is 0 Å². The topological polar surface area (TPSA) is 75.3 Å². The van der Waals surface area contributed by atoms with E-state index in [0.717, 1.165) is 31.7 Å². The molecule has 1 aliphatic rings. The van der Waals surface area contributed by atoms with Gasteiger partial charge >= 0.3 is 0 Å². The van der Waals surface area contributed by atoms with Gasteiger partial charge in [-0.25, -0.2) is 9.97 Å². The van der Waals surface area contributed by atoms with Gasteiger partial charge in [-0.15, -0.1) is 0 Å². The van der Waals surface area contributed by atoms with Crippen LogP contribution in [0.4, 0.5) is 11.6 Å². The molecule has 1 aromatic rings. The number of nitrogens with zero attached hydrogens (tertiary/aromatic N) is 3. The number of nitrogen functional groups attached to an aromatic ring is 1. The summed E-state index contributed by atoms with van der Waals surface area (Å²) in [5.74, 6) is 1.99. The van der Waals surface area contributed by atoms with E-state index in [4.69, 9.17) is 10.8 Å². The maximum absolute atomic E-state index is 8.94. The molecule has 1 fully saturated rings. The third kappa shape index (κ3) is 3.01. The molecule has 2 heterocycles. The molecule has 1 aliphatic heterocycles. The van der Waals surface area contributed by atoms with Crippen LogP contribution in [0.2, 0.25) is 0 Å². The average Bonchev–Trinajstić information content (AvgIpc) is 2.77. The molecule has 0 bridgehead atoms. The third-order valence-electron chi connectivity index (χ3n) is 3.04. The van der Waals surface area contributed by atoms with Crippen LogP contribution in [0.25, 0.3) is 0 Å². The van der Waals surface area contributed by atoms with Crippen LogP contribution in [0.1, 0.15) is 12.8 Å². The molecular weight excluding hydrogens is 236 g/mol. The summed E-state index contributed by atoms with van der Waals surface area (Å²) in [4.78, 5) is 10.8. The molecule has 5 nitrogen and oxygen atoms in total. The van der Waals surface area contributed by atoms with Gasteiger partial charge < -0.3 is 15.7 Å². The Labute approximate surface area is 105 Å². The van der Waals surface area contributed by atoms with Gasteiger partial charge in [-0.05, 0) is 25.0 Å². The van der Waals surface area contributed by atoms with Crippen LogP contribution in [-0.4, -0.2) is 41.0 Å². The fourth-order valence-corrected chi connectivity index (χ4v) is 2.52. The van der Waals surface area contributed by atoms with Crippen LogP contribution < -0.4 is 10.6 Å². The molecule has 1 aromatic heterocycles. The number of hydrogen-bond donors (Lipinski definition) is 2. The molecule has 1 unspecified atom stereocenters. The molecule has 0 spiro atoms. The molecule has 1 atom stereocenters. The van der Waals surface area contributed by atoms with E-state index in [1.807, 2.05) is 12.3 Å². The first kappa shape index (κ1) is 12.4. The van der Waals surface area contributed by atoms with E-state index in [0.29, 0.717) is 16.9 Å². The van der Waals surface area contributed by atoms with Gasteiger partial charge in [-0.3, -0.25) is 0 Å². The smallest absolute Gasteiger partial charge is 0.191 e. The Kier molecular flexibility index (Phi) is 4.06. The van der Waals surface area contributed by atoms with Gasteiger partial charge in [0.1, 0.15) is 11.6 Å². The number of rotatable bonds is 4. The van der Waals surface area contributed by atoms with E-state index >= 15 is 0 Å². The van der Waals surface area contributed by atoms with E-state index in [1.165, 1.54) is 11.8 Å². The fourth-order valence-electron chi connectivity index (χ4n) is 2.14. The Morgan fingerprint density at radius 3 is 3.12 bits per heavy atom. The quantitative estimate of drug-likeness (QED) is 0.616. The molecule has 94 valence electrons. The van der Waals surface area contributed by atoms with Gasteiger partial charge in [0.2, 0.25) is 0 Å². The normalized spacial score (nSPS) is 19.9. The van der Waals surface area contributed by atoms with Crippen LogP contribution in [-0.2, 0) is 0 Å². The molecular formula is C11H18N4OS. The minimum atomic E-state index is 0.264. The number of anilines is 2. The first-order chi connectivity index (χ1) is 8.22. The second kappa shape index (κ2) is 5.55. The summed E-state index contributed by atoms with van der Waals surface area (Å²) in [5, 5.41) is 9.66. The lowest BCUT2D eigenvalue weighted by Crippen LogP contribution is -2.21. The Balaban J connectivity index is 2.10. The van der Waals surface area contributed by atoms with Crippen LogP contribution in [0, 0.1) is 5.92 Å². The SMILES string of the molecule is CSc1nc(N)cc(N2CCC(CCO)C2)n1. The maximum atomic E-state index is 8.94. The number of thioether (sulfide) groups is 1. The highest BCUT2D eigenvalue weighted by atomic mass is 32.2. The summed E-state index contributed by atoms with van der Waals surface area (Å²) in [5.41, 5.74) is 5.76. The van der Waals surface area contributed by atoms with Gasteiger partial charge in [0.05, 0.1) is 0 Å². The summed E-state index contributed by atoms with van der Waals surface area (Å²) in [7, 11) is 0. The number of aliphatic hydroxyl groups is 1. The molecule has 0 radical (unpaired) electrons. The average molecular weight is 254 g/mol. The predicted octanol–water partition coefficient (Wildman–Crippen LogP) is 0.989. The lowest BCUT2D eigenvalue weighted by molar-refractivity contribution is 0.263. The van der Waals surface area contributed by atoms with Crippen molar-refractivity contribution in [1.29, 1.82) is 0 Å². The molecule has 2 rings (SSSR count). The van der Waals surface area contributed by atoms with Crippen molar-refractivity contribution in [2.75, 3.05) is 36.6 Å². The molecule has 0 aromatic carbocycles. The van der Waals surface area contributed by atoms with Crippen molar-refractivity contribution in [2.24, 2.45) is 5.92 Å². The van der Waals surface area contributed by atoms with Crippen molar-refractivity contribution in [3.63, 3.8) is 0 Å². The van der Waals surface area contributed by atoms with Gasteiger partial charge in [0.15, 0.2) is 5.16 Å². The largest absolute Gasteiger partial charge is 0.396 e. The zero-order chi connectivity index (χ0) is 12.3. The van der Waals surface area contributed by atoms with Crippen molar-refractivity contribution in [1.82, 2.24) is 9.97 Å². The zero-order valence-electron chi connectivity index (χ0n) is 9.96. The van der Waals surface area contributed by atoms with E-state index in [-0.39, 0.29) is 6.61 Å². The zero-order valence-corrected chi connectivity index (χ0v) is 10.8. The van der Waals surface area contributed by atoms with Crippen molar-refractivity contribution in [2.45, 2.75) is 18.0 Å². The van der Waals surface area contributed by atoms with Gasteiger partial charge in [-0.1, -0.05) is 11.8 Å². The summed E-state index contributed by atoms with van der Waals surface area (Å²) in [6.07, 6.45) is 3.92. The van der Waals surface area contributed by atoms with Crippen molar-refractivity contribution in [3.8, 4) is 0 Å². The lowest BCUT2D eigenvalue weighted by atomic mass is 10.1. The predicted molar refractivity (Wildman–Crippen MR) is 70.2 cm³/mol. The van der Waals surface area contributed by atoms with Crippen LogP contribution in [0.5, 0.6) is 0 Å². The number of aliphatic hydroxyl groups excluding tert-OH is 1. The molecule has 17 heavy (non-hydrogen) atoms. The summed E-state index contributed by atoms with van der Waals surface area (Å²) >= 11 is 1.50. The highest BCUT2D eigenvalue weighted by molar-refractivity contribution is 7.98. The van der Waals surface area contributed by atoms with Gasteiger partial charge in [0, 0.05) is 25.8 Å². The lowest BCUT2D eigenvalue weighted by Gasteiger charge is -2.18. The van der Waals surface area contributed by atoms with Crippen LogP contribution in [0.3, 0.4) is 0 Å². The summed E-state index contributed by atoms with van der Waals surface area (Å²) < 4.78 is 0. The summed E-state index contributed by atoms with van der Waals surface area (Å²) in [6.45, 7) is 2.19. The third-order valence-corrected chi connectivity index (χ3v) is 3.59. The summed E-state index contributed by atoms with van der Waals surface area (Å²) in [6, 6.07) is 1.82. The minimum Gasteiger partial charge on any atom is -0.396 e. The van der Waals surface area contributed by atoms with Crippen molar-refractivity contribution in [3.05, 3.63) is 6.07 Å². The Morgan fingerprint density at radius 1 is 1.59 bits per heavy atom. The first-order valence-electron chi connectivity index (χ1n) is 5.77. The van der Waals surface area contributed by atoms with Crippen LogP contribution in [0.15, 0.2) is 11.2 Å². The number of hydrogen-bond acceptors (Lipinski definition) is 6. The van der Waals surface area contributed by atoms with Gasteiger partial charge in [0.25, 0.3) is 0 Å². The van der Waals surface area contributed by atoms with Crippen LogP contribution >= 0.6 is 11.8 Å². The Hall–Kier alpha value is -1.01. The van der Waals surface area contributed by atoms with E-state index < -0.39 is 0 Å². The second-order valence-electron chi connectivity index (χ2n) is 4.25. The molecule has 0 saturated carbocycles. The standard InChI is InChI=1S/C11H18N4OS/c1-17-11-13-9(12)6-10(14-11)15-4-2-8(7-15)3-5-16/h6,8,16H,2-5,7H2,1H3,(H2,12,13,14). The molecule has 3 N–H and O–H groups in total. The van der Waals surface area contributed by atoms with Crippen molar-refractivity contribution < 1.29 is 5.11 Å². The molecule has 0 amide bonds. The monoisotopic (exact) mass is 254 g/mol. The number of aromatic nitrogens is 2. The Bertz CT molecular complexity index is 388. The van der Waals surface area contributed by atoms with E-state index in [9.17, 15) is 0 Å². The first-order valence-corrected chi connectivity index (χ1v) is 6.99. The maximum Gasteiger partial charge on any atom is 0.191 e. The highest BCUT2D eigenvalue weighted by Crippen LogP contribution is 2.26. The second-order valence-corrected chi connectivity index (χ2v) is 5.02. The molecule has 0 aliphatic carbocycles. The molecule has 6 heteroatoms. The van der Waals surface area contributed by atoms with Crippen molar-refractivity contribution >= 4 is 23.4 Å². The minimum absolute atomic E-state index is 0.264. The van der Waals surface area contributed by atoms with E-state index in [2.05, 4.69) is 14.9 Å². The fraction of sp³-hybridized carbons (Fsp3) is 0.636.